The molecule has 0 radical (unpaired) electrons. The molecule has 2 saturated carbocycles. The largest absolute Gasteiger partial charge is 0.198 e. The summed E-state index contributed by atoms with van der Waals surface area (Å²) in [5, 5.41) is 9.04. The molecular formula is C23H39N. The fourth-order valence-electron chi connectivity index (χ4n) is 4.86. The normalized spacial score (nSPS) is 31.2. The molecule has 0 atom stereocenters. The summed E-state index contributed by atoms with van der Waals surface area (Å²) in [7, 11) is 0. The van der Waals surface area contributed by atoms with Crippen LogP contribution >= 0.6 is 0 Å². The Morgan fingerprint density at radius 3 is 2.00 bits per heavy atom. The van der Waals surface area contributed by atoms with Gasteiger partial charge in [0.25, 0.3) is 0 Å². The van der Waals surface area contributed by atoms with Crippen LogP contribution in [0, 0.1) is 35.0 Å². The predicted molar refractivity (Wildman–Crippen MR) is 104 cm³/mol. The summed E-state index contributed by atoms with van der Waals surface area (Å²) in [6.45, 7) is 2.29. The van der Waals surface area contributed by atoms with Crippen molar-refractivity contribution in [1.29, 1.82) is 5.26 Å². The van der Waals surface area contributed by atoms with Crippen LogP contribution in [-0.2, 0) is 0 Å². The Kier molecular flexibility index (Phi) is 9.55. The van der Waals surface area contributed by atoms with Gasteiger partial charge in [0.05, 0.1) is 6.07 Å². The Balaban J connectivity index is 1.53. The molecular weight excluding hydrogens is 290 g/mol. The van der Waals surface area contributed by atoms with Crippen molar-refractivity contribution in [2.45, 2.75) is 103 Å². The molecule has 0 saturated heterocycles. The van der Waals surface area contributed by atoms with Crippen molar-refractivity contribution < 1.29 is 0 Å². The van der Waals surface area contributed by atoms with Crippen molar-refractivity contribution in [3.05, 3.63) is 12.2 Å². The van der Waals surface area contributed by atoms with Gasteiger partial charge in [-0.2, -0.15) is 5.26 Å². The lowest BCUT2D eigenvalue weighted by Gasteiger charge is -2.36. The summed E-state index contributed by atoms with van der Waals surface area (Å²) in [5.74, 6) is 3.12. The van der Waals surface area contributed by atoms with E-state index >= 15 is 0 Å². The van der Waals surface area contributed by atoms with Gasteiger partial charge >= 0.3 is 0 Å². The van der Waals surface area contributed by atoms with E-state index in [0.29, 0.717) is 5.92 Å². The van der Waals surface area contributed by atoms with Gasteiger partial charge < -0.3 is 0 Å². The molecule has 0 amide bonds. The number of rotatable bonds is 9. The molecule has 0 bridgehead atoms. The van der Waals surface area contributed by atoms with Crippen LogP contribution in [-0.4, -0.2) is 0 Å². The first-order chi connectivity index (χ1) is 11.8. The number of nitriles is 1. The highest BCUT2D eigenvalue weighted by molar-refractivity contribution is 4.93. The summed E-state index contributed by atoms with van der Waals surface area (Å²) in [4.78, 5) is 0. The average Bonchev–Trinajstić information content (AvgIpc) is 2.64. The molecule has 0 aromatic carbocycles. The van der Waals surface area contributed by atoms with Crippen molar-refractivity contribution in [3.8, 4) is 6.07 Å². The molecule has 0 spiro atoms. The summed E-state index contributed by atoms with van der Waals surface area (Å²) < 4.78 is 0. The maximum absolute atomic E-state index is 9.04. The van der Waals surface area contributed by atoms with E-state index < -0.39 is 0 Å². The zero-order valence-electron chi connectivity index (χ0n) is 16.0. The molecule has 24 heavy (non-hydrogen) atoms. The van der Waals surface area contributed by atoms with E-state index in [1.165, 1.54) is 96.3 Å². The summed E-state index contributed by atoms with van der Waals surface area (Å²) in [5.41, 5.74) is 0. The van der Waals surface area contributed by atoms with Crippen molar-refractivity contribution in [1.82, 2.24) is 0 Å². The number of unbranched alkanes of at least 4 members (excludes halogenated alkanes) is 6. The van der Waals surface area contributed by atoms with E-state index in [-0.39, 0.29) is 0 Å². The molecule has 0 N–H and O–H groups in total. The van der Waals surface area contributed by atoms with Crippen molar-refractivity contribution in [2.75, 3.05) is 0 Å². The van der Waals surface area contributed by atoms with Gasteiger partial charge in [0.1, 0.15) is 0 Å². The molecule has 1 heteroatoms. The monoisotopic (exact) mass is 329 g/mol. The first kappa shape index (κ1) is 19.6. The first-order valence-electron chi connectivity index (χ1n) is 10.9. The molecule has 0 heterocycles. The maximum atomic E-state index is 9.04. The van der Waals surface area contributed by atoms with E-state index in [1.54, 1.807) is 0 Å². The van der Waals surface area contributed by atoms with Crippen LogP contribution in [0.15, 0.2) is 12.2 Å². The highest BCUT2D eigenvalue weighted by Crippen LogP contribution is 2.41. The summed E-state index contributed by atoms with van der Waals surface area (Å²) in [6, 6.07) is 2.47. The average molecular weight is 330 g/mol. The molecule has 0 aliphatic heterocycles. The van der Waals surface area contributed by atoms with E-state index in [9.17, 15) is 0 Å². The van der Waals surface area contributed by atoms with Crippen LogP contribution in [0.5, 0.6) is 0 Å². The van der Waals surface area contributed by atoms with Crippen LogP contribution in [0.25, 0.3) is 0 Å². The van der Waals surface area contributed by atoms with E-state index in [2.05, 4.69) is 25.1 Å². The Morgan fingerprint density at radius 2 is 1.38 bits per heavy atom. The number of hydrogen-bond donors (Lipinski definition) is 0. The zero-order chi connectivity index (χ0) is 17.0. The van der Waals surface area contributed by atoms with Crippen LogP contribution in [0.1, 0.15) is 103 Å². The van der Waals surface area contributed by atoms with Crippen LogP contribution in [0.2, 0.25) is 0 Å². The number of allylic oxidation sites excluding steroid dienone is 2. The van der Waals surface area contributed by atoms with Crippen molar-refractivity contribution in [3.63, 3.8) is 0 Å². The van der Waals surface area contributed by atoms with Gasteiger partial charge in [0.15, 0.2) is 0 Å². The molecule has 2 aliphatic rings. The van der Waals surface area contributed by atoms with Crippen LogP contribution in [0.4, 0.5) is 0 Å². The van der Waals surface area contributed by atoms with Gasteiger partial charge in [0, 0.05) is 5.92 Å². The maximum Gasteiger partial charge on any atom is 0.0655 e. The lowest BCUT2D eigenvalue weighted by Crippen LogP contribution is -2.25. The van der Waals surface area contributed by atoms with Crippen molar-refractivity contribution >= 4 is 0 Å². The van der Waals surface area contributed by atoms with E-state index in [1.807, 2.05) is 0 Å². The summed E-state index contributed by atoms with van der Waals surface area (Å²) in [6.07, 6.45) is 25.4. The minimum Gasteiger partial charge on any atom is -0.198 e. The van der Waals surface area contributed by atoms with Gasteiger partial charge in [-0.15, -0.1) is 0 Å². The van der Waals surface area contributed by atoms with Gasteiger partial charge in [-0.25, -0.2) is 0 Å². The van der Waals surface area contributed by atoms with Gasteiger partial charge in [-0.05, 0) is 82.0 Å². The fourth-order valence-corrected chi connectivity index (χ4v) is 4.86. The second kappa shape index (κ2) is 11.7. The fraction of sp³-hybridized carbons (Fsp3) is 0.870. The standard InChI is InChI=1S/C23H39N/c1-2-3-4-5-6-7-8-9-10-20-11-15-22(16-12-20)23-17-13-21(19-24)14-18-23/h9-10,20-23H,2-8,11-18H2,1H3/t20-,21-,22-,23-. The zero-order valence-corrected chi connectivity index (χ0v) is 16.0. The third-order valence-electron chi connectivity index (χ3n) is 6.57. The molecule has 0 aromatic rings. The first-order valence-corrected chi connectivity index (χ1v) is 10.9. The Hall–Kier alpha value is -0.770. The molecule has 0 unspecified atom stereocenters. The summed E-state index contributed by atoms with van der Waals surface area (Å²) >= 11 is 0. The van der Waals surface area contributed by atoms with Gasteiger partial charge in [0.2, 0.25) is 0 Å². The van der Waals surface area contributed by atoms with Crippen LogP contribution in [0.3, 0.4) is 0 Å². The molecule has 2 fully saturated rings. The molecule has 2 rings (SSSR count). The van der Waals surface area contributed by atoms with Crippen molar-refractivity contribution in [2.24, 2.45) is 23.7 Å². The minimum absolute atomic E-state index is 0.363. The topological polar surface area (TPSA) is 23.8 Å². The lowest BCUT2D eigenvalue weighted by atomic mass is 9.69. The molecule has 0 aromatic heterocycles. The SMILES string of the molecule is CCCCCCCCC=C[C@H]1CC[C@H]([C@H]2CC[C@H](C#N)CC2)CC1. The van der Waals surface area contributed by atoms with E-state index in [0.717, 1.165) is 17.8 Å². The highest BCUT2D eigenvalue weighted by Gasteiger charge is 2.30. The smallest absolute Gasteiger partial charge is 0.0655 e. The Morgan fingerprint density at radius 1 is 0.792 bits per heavy atom. The van der Waals surface area contributed by atoms with Gasteiger partial charge in [-0.3, -0.25) is 0 Å². The second-order valence-electron chi connectivity index (χ2n) is 8.40. The minimum atomic E-state index is 0.363. The number of hydrogen-bond acceptors (Lipinski definition) is 1. The van der Waals surface area contributed by atoms with E-state index in [4.69, 9.17) is 5.26 Å². The molecule has 2 aliphatic carbocycles. The quantitative estimate of drug-likeness (QED) is 0.319. The third kappa shape index (κ3) is 7.00. The lowest BCUT2D eigenvalue weighted by molar-refractivity contribution is 0.168. The molecule has 1 nitrogen and oxygen atoms in total. The van der Waals surface area contributed by atoms with Gasteiger partial charge in [-0.1, -0.05) is 51.2 Å². The second-order valence-corrected chi connectivity index (χ2v) is 8.40. The Bertz CT molecular complexity index is 375. The Labute approximate surface area is 150 Å². The number of nitrogens with zero attached hydrogens (tertiary/aromatic N) is 1. The predicted octanol–water partition coefficient (Wildman–Crippen LogP) is 7.43. The third-order valence-corrected chi connectivity index (χ3v) is 6.57. The molecule has 136 valence electrons. The highest BCUT2D eigenvalue weighted by atomic mass is 14.4. The van der Waals surface area contributed by atoms with Crippen LogP contribution < -0.4 is 0 Å².